The highest BCUT2D eigenvalue weighted by atomic mass is 32.1. The largest absolute Gasteiger partial charge is 0.347 e. The first kappa shape index (κ1) is 21.2. The average Bonchev–Trinajstić information content (AvgIpc) is 3.18. The molecule has 0 spiro atoms. The molecule has 6 heteroatoms. The maximum absolute atomic E-state index is 13.0. The van der Waals surface area contributed by atoms with E-state index < -0.39 is 0 Å². The zero-order valence-corrected chi connectivity index (χ0v) is 18.9. The van der Waals surface area contributed by atoms with Gasteiger partial charge in [-0.3, -0.25) is 9.59 Å². The lowest BCUT2D eigenvalue weighted by molar-refractivity contribution is -0.127. The van der Waals surface area contributed by atoms with Crippen molar-refractivity contribution in [2.45, 2.75) is 39.5 Å². The summed E-state index contributed by atoms with van der Waals surface area (Å²) in [5.74, 6) is -0.499. The Hall–Kier alpha value is -2.99. The van der Waals surface area contributed by atoms with Gasteiger partial charge in [-0.15, -0.1) is 11.3 Å². The van der Waals surface area contributed by atoms with Gasteiger partial charge in [0, 0.05) is 11.6 Å². The number of aryl methyl sites for hydroxylation is 3. The molecule has 4 rings (SSSR count). The van der Waals surface area contributed by atoms with Crippen LogP contribution in [0.1, 0.15) is 40.5 Å². The van der Waals surface area contributed by atoms with Crippen LogP contribution >= 0.6 is 11.3 Å². The molecule has 0 aliphatic heterocycles. The van der Waals surface area contributed by atoms with Gasteiger partial charge in [0.05, 0.1) is 27.7 Å². The molecular weight excluding hydrogens is 406 g/mol. The number of amides is 2. The number of carbonyl (C=O) groups is 2. The number of hydrogen-bond acceptors (Lipinski definition) is 4. The highest BCUT2D eigenvalue weighted by molar-refractivity contribution is 7.18. The Balaban J connectivity index is 1.42. The molecule has 1 heterocycles. The second kappa shape index (κ2) is 9.02. The highest BCUT2D eigenvalue weighted by Gasteiger charge is 2.32. The zero-order valence-electron chi connectivity index (χ0n) is 18.1. The van der Waals surface area contributed by atoms with Crippen molar-refractivity contribution >= 4 is 39.1 Å². The molecule has 31 heavy (non-hydrogen) atoms. The van der Waals surface area contributed by atoms with Crippen molar-refractivity contribution in [3.8, 4) is 0 Å². The van der Waals surface area contributed by atoms with E-state index in [1.165, 1.54) is 0 Å². The van der Waals surface area contributed by atoms with E-state index in [1.807, 2.05) is 57.2 Å². The Morgan fingerprint density at radius 1 is 1.06 bits per heavy atom. The standard InChI is InChI=1S/C25H27N3O2S/c1-15-12-16(2)23(17(3)13-15)28-22(29)14-26-24(30)18-8-4-5-9-19(18)25-27-20-10-6-7-11-21(20)31-25/h4-7,10-13,18-19H,8-9,14H2,1-3H3,(H,26,30)(H,28,29)/t18-,19+/m0/s1. The van der Waals surface area contributed by atoms with E-state index in [-0.39, 0.29) is 30.2 Å². The molecule has 1 aliphatic carbocycles. The number of benzene rings is 2. The summed E-state index contributed by atoms with van der Waals surface area (Å²) < 4.78 is 1.13. The van der Waals surface area contributed by atoms with Crippen LogP contribution in [0.3, 0.4) is 0 Å². The summed E-state index contributed by atoms with van der Waals surface area (Å²) in [5.41, 5.74) is 4.99. The Morgan fingerprint density at radius 2 is 1.77 bits per heavy atom. The van der Waals surface area contributed by atoms with Crippen LogP contribution in [0.15, 0.2) is 48.6 Å². The number of nitrogens with zero attached hydrogens (tertiary/aromatic N) is 1. The molecule has 1 aromatic heterocycles. The van der Waals surface area contributed by atoms with Gasteiger partial charge in [0.15, 0.2) is 0 Å². The van der Waals surface area contributed by atoms with Crippen LogP contribution in [0.25, 0.3) is 10.2 Å². The van der Waals surface area contributed by atoms with Crippen molar-refractivity contribution in [2.24, 2.45) is 5.92 Å². The molecule has 0 saturated heterocycles. The summed E-state index contributed by atoms with van der Waals surface area (Å²) in [6.07, 6.45) is 5.61. The molecule has 2 atom stereocenters. The number of allylic oxidation sites excluding steroid dienone is 2. The molecule has 0 bridgehead atoms. The lowest BCUT2D eigenvalue weighted by Crippen LogP contribution is -2.39. The number of thiazole rings is 1. The lowest BCUT2D eigenvalue weighted by Gasteiger charge is -2.26. The van der Waals surface area contributed by atoms with Gasteiger partial charge in [-0.25, -0.2) is 4.98 Å². The SMILES string of the molecule is Cc1cc(C)c(NC(=O)CNC(=O)[C@H]2CC=CC[C@H]2c2nc3ccccc3s2)c(C)c1. The Bertz CT molecular complexity index is 1110. The third-order valence-electron chi connectivity index (χ3n) is 5.76. The monoisotopic (exact) mass is 433 g/mol. The first-order valence-corrected chi connectivity index (χ1v) is 11.4. The molecule has 0 unspecified atom stereocenters. The van der Waals surface area contributed by atoms with E-state index in [0.29, 0.717) is 6.42 Å². The highest BCUT2D eigenvalue weighted by Crippen LogP contribution is 2.38. The minimum absolute atomic E-state index is 0.0343. The molecule has 3 aromatic rings. The van der Waals surface area contributed by atoms with Gasteiger partial charge in [0.25, 0.3) is 0 Å². The first-order chi connectivity index (χ1) is 14.9. The molecule has 0 fully saturated rings. The van der Waals surface area contributed by atoms with E-state index in [9.17, 15) is 9.59 Å². The molecule has 160 valence electrons. The molecule has 0 radical (unpaired) electrons. The quantitative estimate of drug-likeness (QED) is 0.555. The topological polar surface area (TPSA) is 71.1 Å². The number of nitrogens with one attached hydrogen (secondary N) is 2. The molecule has 1 aliphatic rings. The van der Waals surface area contributed by atoms with Crippen LogP contribution in [0.4, 0.5) is 5.69 Å². The summed E-state index contributed by atoms with van der Waals surface area (Å²) in [6.45, 7) is 5.95. The van der Waals surface area contributed by atoms with Crippen LogP contribution in [-0.2, 0) is 9.59 Å². The van der Waals surface area contributed by atoms with Crippen molar-refractivity contribution in [1.29, 1.82) is 0 Å². The fourth-order valence-corrected chi connectivity index (χ4v) is 5.43. The van der Waals surface area contributed by atoms with Crippen LogP contribution in [0, 0.1) is 26.7 Å². The van der Waals surface area contributed by atoms with E-state index in [1.54, 1.807) is 11.3 Å². The number of anilines is 1. The van der Waals surface area contributed by atoms with E-state index >= 15 is 0 Å². The smallest absolute Gasteiger partial charge is 0.243 e. The van der Waals surface area contributed by atoms with E-state index in [2.05, 4.69) is 22.8 Å². The normalized spacial score (nSPS) is 18.2. The maximum Gasteiger partial charge on any atom is 0.243 e. The predicted octanol–water partition coefficient (Wildman–Crippen LogP) is 5.03. The Kier molecular flexibility index (Phi) is 6.18. The summed E-state index contributed by atoms with van der Waals surface area (Å²) >= 11 is 1.65. The third kappa shape index (κ3) is 4.69. The second-order valence-electron chi connectivity index (χ2n) is 8.22. The number of para-hydroxylation sites is 1. The fraction of sp³-hybridized carbons (Fsp3) is 0.320. The van der Waals surface area contributed by atoms with Crippen molar-refractivity contribution in [2.75, 3.05) is 11.9 Å². The second-order valence-corrected chi connectivity index (χ2v) is 9.28. The fourth-order valence-electron chi connectivity index (χ4n) is 4.28. The Morgan fingerprint density at radius 3 is 2.52 bits per heavy atom. The van der Waals surface area contributed by atoms with Gasteiger partial charge in [0.1, 0.15) is 0 Å². The molecule has 5 nitrogen and oxygen atoms in total. The van der Waals surface area contributed by atoms with Gasteiger partial charge >= 0.3 is 0 Å². The van der Waals surface area contributed by atoms with Crippen LogP contribution < -0.4 is 10.6 Å². The van der Waals surface area contributed by atoms with Crippen LogP contribution in [-0.4, -0.2) is 23.3 Å². The van der Waals surface area contributed by atoms with Crippen molar-refractivity contribution in [3.63, 3.8) is 0 Å². The zero-order chi connectivity index (χ0) is 22.0. The summed E-state index contributed by atoms with van der Waals surface area (Å²) in [4.78, 5) is 30.3. The third-order valence-corrected chi connectivity index (χ3v) is 6.93. The number of fused-ring (bicyclic) bond motifs is 1. The number of carbonyl (C=O) groups excluding carboxylic acids is 2. The predicted molar refractivity (Wildman–Crippen MR) is 127 cm³/mol. The average molecular weight is 434 g/mol. The van der Waals surface area contributed by atoms with Crippen LogP contribution in [0.2, 0.25) is 0 Å². The molecule has 2 N–H and O–H groups in total. The van der Waals surface area contributed by atoms with Crippen molar-refractivity contribution in [3.05, 3.63) is 70.2 Å². The van der Waals surface area contributed by atoms with Crippen LogP contribution in [0.5, 0.6) is 0 Å². The minimum Gasteiger partial charge on any atom is -0.347 e. The van der Waals surface area contributed by atoms with Gasteiger partial charge < -0.3 is 10.6 Å². The van der Waals surface area contributed by atoms with Crippen molar-refractivity contribution < 1.29 is 9.59 Å². The first-order valence-electron chi connectivity index (χ1n) is 10.6. The summed E-state index contributed by atoms with van der Waals surface area (Å²) in [6, 6.07) is 12.1. The summed E-state index contributed by atoms with van der Waals surface area (Å²) in [5, 5.41) is 6.78. The van der Waals surface area contributed by atoms with Gasteiger partial charge in [-0.2, -0.15) is 0 Å². The van der Waals surface area contributed by atoms with Crippen molar-refractivity contribution in [1.82, 2.24) is 10.3 Å². The minimum atomic E-state index is -0.221. The molecule has 2 aromatic carbocycles. The maximum atomic E-state index is 13.0. The van der Waals surface area contributed by atoms with Gasteiger partial charge in [-0.05, 0) is 56.9 Å². The molecule has 2 amide bonds. The van der Waals surface area contributed by atoms with E-state index in [4.69, 9.17) is 4.98 Å². The summed E-state index contributed by atoms with van der Waals surface area (Å²) in [7, 11) is 0. The number of aromatic nitrogens is 1. The number of hydrogen-bond donors (Lipinski definition) is 2. The molecule has 0 saturated carbocycles. The van der Waals surface area contributed by atoms with E-state index in [0.717, 1.165) is 44.0 Å². The Labute approximate surface area is 186 Å². The number of rotatable bonds is 5. The van der Waals surface area contributed by atoms with Gasteiger partial charge in [-0.1, -0.05) is 42.0 Å². The van der Waals surface area contributed by atoms with Gasteiger partial charge in [0.2, 0.25) is 11.8 Å². The molecular formula is C25H27N3O2S. The lowest BCUT2D eigenvalue weighted by atomic mass is 9.82.